The van der Waals surface area contributed by atoms with Gasteiger partial charge in [-0.25, -0.2) is 4.98 Å². The Labute approximate surface area is 183 Å². The van der Waals surface area contributed by atoms with Crippen LogP contribution in [0.4, 0.5) is 11.8 Å². The van der Waals surface area contributed by atoms with Crippen molar-refractivity contribution in [3.63, 3.8) is 0 Å². The van der Waals surface area contributed by atoms with E-state index in [0.29, 0.717) is 30.4 Å². The highest BCUT2D eigenvalue weighted by atomic mass is 16.1. The third-order valence-electron chi connectivity index (χ3n) is 4.98. The smallest absolute Gasteiger partial charge is 0.225 e. The summed E-state index contributed by atoms with van der Waals surface area (Å²) in [6.07, 6.45) is 0. The number of hydrogen-bond donors (Lipinski definition) is 3. The van der Waals surface area contributed by atoms with Crippen molar-refractivity contribution in [2.24, 2.45) is 5.73 Å². The lowest BCUT2D eigenvalue weighted by Crippen LogP contribution is -2.26. The van der Waals surface area contributed by atoms with E-state index in [1.807, 2.05) is 35.9 Å². The number of benzene rings is 1. The first-order valence-electron chi connectivity index (χ1n) is 10.8. The number of carbonyl (C=O) groups is 1. The quantitative estimate of drug-likeness (QED) is 0.444. The average Bonchev–Trinajstić information content (AvgIpc) is 3.11. The van der Waals surface area contributed by atoms with Gasteiger partial charge in [0.2, 0.25) is 5.95 Å². The number of carbonyl (C=O) groups excluding carboxylic acids is 1. The number of anilines is 2. The number of nitrogens with two attached hydrogens (primary N) is 1. The molecule has 31 heavy (non-hydrogen) atoms. The fourth-order valence-electron chi connectivity index (χ4n) is 3.37. The van der Waals surface area contributed by atoms with Crippen molar-refractivity contribution >= 4 is 28.6 Å². The molecule has 0 fully saturated rings. The van der Waals surface area contributed by atoms with Crippen LogP contribution >= 0.6 is 0 Å². The lowest BCUT2D eigenvalue weighted by molar-refractivity contribution is 0.101. The first kappa shape index (κ1) is 22.7. The molecule has 0 aliphatic rings. The highest BCUT2D eigenvalue weighted by molar-refractivity contribution is 5.94. The lowest BCUT2D eigenvalue weighted by Gasteiger charge is -2.14. The molecule has 0 bridgehead atoms. The van der Waals surface area contributed by atoms with Gasteiger partial charge >= 0.3 is 0 Å². The molecule has 8 heteroatoms. The third kappa shape index (κ3) is 5.19. The van der Waals surface area contributed by atoms with Gasteiger partial charge in [-0.15, -0.1) is 0 Å². The van der Waals surface area contributed by atoms with Gasteiger partial charge in [0, 0.05) is 30.7 Å². The predicted octanol–water partition coefficient (Wildman–Crippen LogP) is 4.10. The molecule has 3 rings (SSSR count). The van der Waals surface area contributed by atoms with E-state index in [-0.39, 0.29) is 23.8 Å². The minimum Gasteiger partial charge on any atom is -0.364 e. The molecule has 0 saturated heterocycles. The minimum absolute atomic E-state index is 0.0204. The van der Waals surface area contributed by atoms with Crippen molar-refractivity contribution in [2.45, 2.75) is 66.1 Å². The van der Waals surface area contributed by atoms with Crippen LogP contribution in [0.15, 0.2) is 24.3 Å². The Morgan fingerprint density at radius 2 is 1.87 bits per heavy atom. The second kappa shape index (κ2) is 9.43. The van der Waals surface area contributed by atoms with Crippen LogP contribution in [0.25, 0.3) is 11.0 Å². The molecular formula is C23H33N7O. The molecule has 2 aromatic heterocycles. The van der Waals surface area contributed by atoms with Gasteiger partial charge in [-0.05, 0) is 45.2 Å². The van der Waals surface area contributed by atoms with E-state index in [2.05, 4.69) is 38.3 Å². The standard InChI is InChI=1S/C23H33N7O/c1-13(2)19-20-21(30(29-19)14(3)4)22(28-23(27-20)26-11-15(5)24)25-12-17-8-7-9-18(10-17)16(6)31/h7-10,13-15H,11-12,24H2,1-6H3,(H2,25,26,27,28). The highest BCUT2D eigenvalue weighted by Crippen LogP contribution is 2.31. The monoisotopic (exact) mass is 423 g/mol. The van der Waals surface area contributed by atoms with Crippen LogP contribution in [0.5, 0.6) is 0 Å². The van der Waals surface area contributed by atoms with Crippen LogP contribution in [0.1, 0.15) is 75.1 Å². The van der Waals surface area contributed by atoms with Gasteiger partial charge in [0.05, 0.1) is 5.69 Å². The zero-order chi connectivity index (χ0) is 22.7. The second-order valence-corrected chi connectivity index (χ2v) is 8.64. The Balaban J connectivity index is 2.06. The number of fused-ring (bicyclic) bond motifs is 1. The number of nitrogens with zero attached hydrogens (tertiary/aromatic N) is 4. The molecular weight excluding hydrogens is 390 g/mol. The van der Waals surface area contributed by atoms with E-state index < -0.39 is 0 Å². The number of ketones is 1. The fourth-order valence-corrected chi connectivity index (χ4v) is 3.37. The Kier molecular flexibility index (Phi) is 6.90. The van der Waals surface area contributed by atoms with Gasteiger partial charge in [-0.1, -0.05) is 32.0 Å². The van der Waals surface area contributed by atoms with Crippen LogP contribution in [0.2, 0.25) is 0 Å². The predicted molar refractivity (Wildman–Crippen MR) is 126 cm³/mol. The van der Waals surface area contributed by atoms with Crippen LogP contribution in [0.3, 0.4) is 0 Å². The molecule has 0 spiro atoms. The third-order valence-corrected chi connectivity index (χ3v) is 4.98. The maximum Gasteiger partial charge on any atom is 0.225 e. The van der Waals surface area contributed by atoms with E-state index in [4.69, 9.17) is 20.8 Å². The molecule has 1 aromatic carbocycles. The molecule has 4 N–H and O–H groups in total. The average molecular weight is 424 g/mol. The van der Waals surface area contributed by atoms with Crippen LogP contribution in [0, 0.1) is 0 Å². The summed E-state index contributed by atoms with van der Waals surface area (Å²) in [4.78, 5) is 21.3. The number of Topliss-reactive ketones (excluding diaryl/α,β-unsaturated/α-hetero) is 1. The Bertz CT molecular complexity index is 1070. The van der Waals surface area contributed by atoms with Gasteiger partial charge in [0.15, 0.2) is 11.6 Å². The molecule has 1 atom stereocenters. The normalized spacial score (nSPS) is 12.5. The summed E-state index contributed by atoms with van der Waals surface area (Å²) in [6, 6.07) is 7.76. The molecule has 1 unspecified atom stereocenters. The zero-order valence-electron chi connectivity index (χ0n) is 19.2. The Morgan fingerprint density at radius 3 is 2.48 bits per heavy atom. The summed E-state index contributed by atoms with van der Waals surface area (Å²) in [7, 11) is 0. The SMILES string of the molecule is CC(=O)c1cccc(CNc2nc(NCC(C)N)nc3c(C(C)C)nn(C(C)C)c23)c1. The van der Waals surface area contributed by atoms with Crippen molar-refractivity contribution in [3.8, 4) is 0 Å². The number of hydrogen-bond acceptors (Lipinski definition) is 7. The summed E-state index contributed by atoms with van der Waals surface area (Å²) < 4.78 is 1.98. The van der Waals surface area contributed by atoms with Gasteiger partial charge in [0.25, 0.3) is 0 Å². The van der Waals surface area contributed by atoms with E-state index in [0.717, 1.165) is 22.3 Å². The summed E-state index contributed by atoms with van der Waals surface area (Å²) in [5.74, 6) is 1.50. The largest absolute Gasteiger partial charge is 0.364 e. The number of rotatable bonds is 9. The topological polar surface area (TPSA) is 111 Å². The van der Waals surface area contributed by atoms with Gasteiger partial charge < -0.3 is 16.4 Å². The maximum absolute atomic E-state index is 11.7. The van der Waals surface area contributed by atoms with Crippen molar-refractivity contribution in [1.82, 2.24) is 19.7 Å². The zero-order valence-corrected chi connectivity index (χ0v) is 19.2. The molecule has 166 valence electrons. The maximum atomic E-state index is 11.7. The van der Waals surface area contributed by atoms with Gasteiger partial charge in [-0.2, -0.15) is 10.1 Å². The fraction of sp³-hybridized carbons (Fsp3) is 0.478. The second-order valence-electron chi connectivity index (χ2n) is 8.64. The molecule has 0 saturated carbocycles. The molecule has 2 heterocycles. The highest BCUT2D eigenvalue weighted by Gasteiger charge is 2.22. The molecule has 0 aliphatic carbocycles. The van der Waals surface area contributed by atoms with E-state index in [9.17, 15) is 4.79 Å². The molecule has 0 aliphatic heterocycles. The van der Waals surface area contributed by atoms with Crippen molar-refractivity contribution < 1.29 is 4.79 Å². The summed E-state index contributed by atoms with van der Waals surface area (Å²) >= 11 is 0. The summed E-state index contributed by atoms with van der Waals surface area (Å²) in [5, 5.41) is 11.5. The Morgan fingerprint density at radius 1 is 1.13 bits per heavy atom. The van der Waals surface area contributed by atoms with Crippen molar-refractivity contribution in [1.29, 1.82) is 0 Å². The molecule has 3 aromatic rings. The number of nitrogens with one attached hydrogen (secondary N) is 2. The summed E-state index contributed by atoms with van der Waals surface area (Å²) in [5.41, 5.74) is 10.3. The van der Waals surface area contributed by atoms with E-state index in [1.165, 1.54) is 0 Å². The first-order valence-corrected chi connectivity index (χ1v) is 10.8. The van der Waals surface area contributed by atoms with Crippen molar-refractivity contribution in [2.75, 3.05) is 17.2 Å². The van der Waals surface area contributed by atoms with Gasteiger partial charge in [-0.3, -0.25) is 9.48 Å². The number of aromatic nitrogens is 4. The molecule has 8 nitrogen and oxygen atoms in total. The van der Waals surface area contributed by atoms with Gasteiger partial charge in [0.1, 0.15) is 11.0 Å². The minimum atomic E-state index is -0.0204. The Hall–Kier alpha value is -3.00. The lowest BCUT2D eigenvalue weighted by atomic mass is 10.1. The van der Waals surface area contributed by atoms with Crippen LogP contribution in [-0.4, -0.2) is 38.1 Å². The molecule has 0 radical (unpaired) electrons. The van der Waals surface area contributed by atoms with Crippen LogP contribution in [-0.2, 0) is 6.54 Å². The molecule has 0 amide bonds. The van der Waals surface area contributed by atoms with Crippen LogP contribution < -0.4 is 16.4 Å². The first-order chi connectivity index (χ1) is 14.7. The van der Waals surface area contributed by atoms with E-state index in [1.54, 1.807) is 6.92 Å². The van der Waals surface area contributed by atoms with E-state index >= 15 is 0 Å². The van der Waals surface area contributed by atoms with Crippen molar-refractivity contribution in [3.05, 3.63) is 41.1 Å². The summed E-state index contributed by atoms with van der Waals surface area (Å²) in [6.45, 7) is 13.0.